The van der Waals surface area contributed by atoms with Crippen LogP contribution in [0.2, 0.25) is 0 Å². The van der Waals surface area contributed by atoms with Crippen LogP contribution in [0.4, 0.5) is 4.39 Å². The van der Waals surface area contributed by atoms with Gasteiger partial charge in [-0.2, -0.15) is 0 Å². The molecule has 0 radical (unpaired) electrons. The fourth-order valence-electron chi connectivity index (χ4n) is 4.70. The number of rotatable bonds is 3. The largest absolute Gasteiger partial charge is 0.507 e. The number of allylic oxidation sites excluding steroid dienone is 1. The molecule has 1 unspecified atom stereocenters. The van der Waals surface area contributed by atoms with Crippen molar-refractivity contribution < 1.29 is 9.50 Å². The summed E-state index contributed by atoms with van der Waals surface area (Å²) in [7, 11) is 0. The van der Waals surface area contributed by atoms with Crippen LogP contribution in [0.25, 0.3) is 27.6 Å². The molecule has 2 saturated heterocycles. The molecule has 2 bridgehead atoms. The highest BCUT2D eigenvalue weighted by molar-refractivity contribution is 5.89. The van der Waals surface area contributed by atoms with E-state index in [4.69, 9.17) is 0 Å². The first kappa shape index (κ1) is 18.1. The number of piperidine rings is 1. The molecule has 1 aromatic carbocycles. The molecule has 0 aliphatic carbocycles. The Morgan fingerprint density at radius 1 is 1.28 bits per heavy atom. The van der Waals surface area contributed by atoms with Gasteiger partial charge in [0.05, 0.1) is 6.20 Å². The Hall–Kier alpha value is -2.93. The highest BCUT2D eigenvalue weighted by atomic mass is 19.1. The average Bonchev–Trinajstić information content (AvgIpc) is 3.07. The fraction of sp³-hybridized carbons (Fsp3) is 0.364. The van der Waals surface area contributed by atoms with Crippen LogP contribution in [-0.2, 0) is 0 Å². The van der Waals surface area contributed by atoms with Crippen LogP contribution in [0.1, 0.15) is 32.0 Å². The molecule has 0 spiro atoms. The van der Waals surface area contributed by atoms with E-state index in [1.165, 1.54) is 0 Å². The third-order valence-corrected chi connectivity index (χ3v) is 6.31. The molecule has 0 amide bonds. The van der Waals surface area contributed by atoms with Gasteiger partial charge in [0.2, 0.25) is 0 Å². The number of nitrogens with one attached hydrogen (secondary N) is 1. The Labute approximate surface area is 167 Å². The van der Waals surface area contributed by atoms with E-state index >= 15 is 0 Å². The second-order valence-corrected chi connectivity index (χ2v) is 8.39. The number of aromatic hydroxyl groups is 1. The molecule has 2 aliphatic heterocycles. The minimum atomic E-state index is -1.00. The predicted octanol–water partition coefficient (Wildman–Crippen LogP) is 3.67. The predicted molar refractivity (Wildman–Crippen MR) is 109 cm³/mol. The molecule has 148 valence electrons. The summed E-state index contributed by atoms with van der Waals surface area (Å²) < 4.78 is 15.0. The number of hydrogen-bond donors (Lipinski definition) is 2. The summed E-state index contributed by atoms with van der Waals surface area (Å²) in [4.78, 5) is 8.46. The van der Waals surface area contributed by atoms with E-state index in [1.807, 2.05) is 12.1 Å². The first-order chi connectivity index (χ1) is 13.9. The minimum Gasteiger partial charge on any atom is -0.507 e. The van der Waals surface area contributed by atoms with Crippen molar-refractivity contribution in [1.29, 1.82) is 0 Å². The second-order valence-electron chi connectivity index (χ2n) is 8.39. The third kappa shape index (κ3) is 3.06. The van der Waals surface area contributed by atoms with Gasteiger partial charge >= 0.3 is 0 Å². The van der Waals surface area contributed by atoms with Crippen molar-refractivity contribution in [1.82, 2.24) is 25.5 Å². The zero-order chi connectivity index (χ0) is 20.2. The SMILES string of the molecule is C=C(c1ncc(-c2cc3ccncc3cc2O)nn1)[C@H]1C[C@]2(C)CCC(N2)[C@H]1F. The van der Waals surface area contributed by atoms with E-state index in [1.54, 1.807) is 24.7 Å². The molecule has 0 saturated carbocycles. The van der Waals surface area contributed by atoms with E-state index < -0.39 is 6.17 Å². The maximum atomic E-state index is 15.0. The van der Waals surface area contributed by atoms with Gasteiger partial charge in [0, 0.05) is 40.8 Å². The standard InChI is InChI=1S/C22H22FN5O/c1-12(16-9-22(2)5-3-17(26-22)20(16)23)21-25-11-18(27-28-21)15-7-13-4-6-24-10-14(13)8-19(15)29/h4,6-8,10-11,16-17,20,26,29H,1,3,5,9H2,2H3/t16-,17?,20+,22+/m1/s1. The zero-order valence-electron chi connectivity index (χ0n) is 16.1. The first-order valence-electron chi connectivity index (χ1n) is 9.81. The quantitative estimate of drug-likeness (QED) is 0.709. The number of benzene rings is 1. The Morgan fingerprint density at radius 2 is 2.14 bits per heavy atom. The van der Waals surface area contributed by atoms with E-state index in [-0.39, 0.29) is 23.2 Å². The summed E-state index contributed by atoms with van der Waals surface area (Å²) in [6.07, 6.45) is 6.43. The molecule has 4 atom stereocenters. The fourth-order valence-corrected chi connectivity index (χ4v) is 4.70. The molecular weight excluding hydrogens is 369 g/mol. The smallest absolute Gasteiger partial charge is 0.177 e. The number of phenolic OH excluding ortho intramolecular Hbond substituents is 1. The van der Waals surface area contributed by atoms with Crippen LogP contribution in [-0.4, -0.2) is 43.0 Å². The van der Waals surface area contributed by atoms with E-state index in [0.29, 0.717) is 29.1 Å². The van der Waals surface area contributed by atoms with Crippen LogP contribution in [0.15, 0.2) is 43.4 Å². The van der Waals surface area contributed by atoms with E-state index in [9.17, 15) is 9.50 Å². The molecule has 2 fully saturated rings. The van der Waals surface area contributed by atoms with Gasteiger partial charge in [0.15, 0.2) is 5.82 Å². The Morgan fingerprint density at radius 3 is 2.93 bits per heavy atom. The number of halogens is 1. The lowest BCUT2D eigenvalue weighted by Crippen LogP contribution is -2.53. The summed E-state index contributed by atoms with van der Waals surface area (Å²) in [5.41, 5.74) is 1.52. The van der Waals surface area contributed by atoms with Gasteiger partial charge in [-0.25, -0.2) is 9.37 Å². The average molecular weight is 391 g/mol. The summed E-state index contributed by atoms with van der Waals surface area (Å²) >= 11 is 0. The number of phenols is 1. The monoisotopic (exact) mass is 391 g/mol. The summed E-state index contributed by atoms with van der Waals surface area (Å²) in [5.74, 6) is 0.124. The Bertz CT molecular complexity index is 1100. The van der Waals surface area contributed by atoms with Gasteiger partial charge in [-0.1, -0.05) is 6.58 Å². The van der Waals surface area contributed by atoms with Gasteiger partial charge in [0.25, 0.3) is 0 Å². The van der Waals surface area contributed by atoms with Crippen molar-refractivity contribution in [3.05, 3.63) is 49.2 Å². The number of fused-ring (bicyclic) bond motifs is 3. The number of alkyl halides is 1. The van der Waals surface area contributed by atoms with Crippen molar-refractivity contribution in [3.8, 4) is 17.0 Å². The van der Waals surface area contributed by atoms with Crippen LogP contribution in [0, 0.1) is 5.92 Å². The molecular formula is C22H22FN5O. The summed E-state index contributed by atoms with van der Waals surface area (Å²) in [6, 6.07) is 5.20. The lowest BCUT2D eigenvalue weighted by atomic mass is 9.79. The molecule has 7 heteroatoms. The second kappa shape index (κ2) is 6.56. The molecule has 5 rings (SSSR count). The van der Waals surface area contributed by atoms with Crippen molar-refractivity contribution in [2.75, 3.05) is 0 Å². The minimum absolute atomic E-state index is 0.0556. The van der Waals surface area contributed by atoms with Crippen molar-refractivity contribution in [2.45, 2.75) is 43.9 Å². The van der Waals surface area contributed by atoms with Gasteiger partial charge in [-0.15, -0.1) is 10.2 Å². The van der Waals surface area contributed by atoms with Crippen LogP contribution in [0.3, 0.4) is 0 Å². The number of aromatic nitrogens is 4. The zero-order valence-corrected chi connectivity index (χ0v) is 16.1. The van der Waals surface area contributed by atoms with Crippen molar-refractivity contribution in [2.24, 2.45) is 5.92 Å². The van der Waals surface area contributed by atoms with Gasteiger partial charge in [-0.05, 0) is 55.3 Å². The molecule has 29 heavy (non-hydrogen) atoms. The molecule has 3 aromatic rings. The van der Waals surface area contributed by atoms with Crippen LogP contribution >= 0.6 is 0 Å². The van der Waals surface area contributed by atoms with E-state index in [0.717, 1.165) is 23.6 Å². The molecule has 6 nitrogen and oxygen atoms in total. The molecule has 2 aromatic heterocycles. The highest BCUT2D eigenvalue weighted by Crippen LogP contribution is 2.44. The van der Waals surface area contributed by atoms with Crippen LogP contribution < -0.4 is 5.32 Å². The normalized spacial score (nSPS) is 28.6. The molecule has 2 N–H and O–H groups in total. The van der Waals surface area contributed by atoms with E-state index in [2.05, 4.69) is 39.0 Å². The summed E-state index contributed by atoms with van der Waals surface area (Å²) in [6.45, 7) is 6.24. The highest BCUT2D eigenvalue weighted by Gasteiger charge is 2.49. The Balaban J connectivity index is 1.43. The topological polar surface area (TPSA) is 83.8 Å². The lowest BCUT2D eigenvalue weighted by Gasteiger charge is -2.39. The third-order valence-electron chi connectivity index (χ3n) is 6.31. The number of hydrogen-bond acceptors (Lipinski definition) is 6. The van der Waals surface area contributed by atoms with Crippen molar-refractivity contribution >= 4 is 16.3 Å². The molecule has 4 heterocycles. The number of pyridine rings is 1. The first-order valence-corrected chi connectivity index (χ1v) is 9.81. The Kier molecular flexibility index (Phi) is 4.10. The van der Waals surface area contributed by atoms with Gasteiger partial charge < -0.3 is 10.4 Å². The van der Waals surface area contributed by atoms with Crippen molar-refractivity contribution in [3.63, 3.8) is 0 Å². The number of nitrogens with zero attached hydrogens (tertiary/aromatic N) is 4. The maximum Gasteiger partial charge on any atom is 0.177 e. The summed E-state index contributed by atoms with van der Waals surface area (Å²) in [5, 5.41) is 24.0. The van der Waals surface area contributed by atoms with Crippen LogP contribution in [0.5, 0.6) is 5.75 Å². The maximum absolute atomic E-state index is 15.0. The molecule has 2 aliphatic rings. The lowest BCUT2D eigenvalue weighted by molar-refractivity contribution is 0.135. The van der Waals surface area contributed by atoms with Gasteiger partial charge in [-0.3, -0.25) is 4.98 Å². The van der Waals surface area contributed by atoms with Gasteiger partial charge in [0.1, 0.15) is 17.6 Å².